The highest BCUT2D eigenvalue weighted by Crippen LogP contribution is 2.36. The lowest BCUT2D eigenvalue weighted by atomic mass is 9.87. The molecule has 6 rings (SSSR count). The van der Waals surface area contributed by atoms with E-state index in [1.54, 1.807) is 28.9 Å². The molecule has 1 aromatic heterocycles. The molecule has 0 radical (unpaired) electrons. The highest BCUT2D eigenvalue weighted by atomic mass is 19.1. The quantitative estimate of drug-likeness (QED) is 0.341. The van der Waals surface area contributed by atoms with Crippen LogP contribution in [0.3, 0.4) is 0 Å². The molecule has 3 heterocycles. The average Bonchev–Trinajstić information content (AvgIpc) is 3.50. The van der Waals surface area contributed by atoms with E-state index in [-0.39, 0.29) is 48.5 Å². The highest BCUT2D eigenvalue weighted by Gasteiger charge is 2.33. The molecule has 2 amide bonds. The molecule has 2 aliphatic heterocycles. The summed E-state index contributed by atoms with van der Waals surface area (Å²) in [5, 5.41) is 8.83. The number of carbonyl (C=O) groups excluding carboxylic acids is 2. The summed E-state index contributed by atoms with van der Waals surface area (Å²) in [7, 11) is 0. The van der Waals surface area contributed by atoms with Gasteiger partial charge in [0.25, 0.3) is 11.8 Å². The van der Waals surface area contributed by atoms with Crippen molar-refractivity contribution in [3.05, 3.63) is 76.6 Å². The molecule has 2 fully saturated rings. The number of fused-ring (bicyclic) bond motifs is 1. The number of benzene rings is 2. The monoisotopic (exact) mass is 605 g/mol. The summed E-state index contributed by atoms with van der Waals surface area (Å²) in [4.78, 5) is 30.0. The normalized spacial score (nSPS) is 25.4. The zero-order chi connectivity index (χ0) is 31.0. The Morgan fingerprint density at radius 3 is 2.43 bits per heavy atom. The first-order valence-electron chi connectivity index (χ1n) is 15.9. The summed E-state index contributed by atoms with van der Waals surface area (Å²) in [6.45, 7) is 6.79. The van der Waals surface area contributed by atoms with E-state index >= 15 is 0 Å². The minimum absolute atomic E-state index is 0.00654. The third-order valence-electron chi connectivity index (χ3n) is 9.81. The van der Waals surface area contributed by atoms with Crippen LogP contribution in [0.25, 0.3) is 0 Å². The number of amides is 2. The molecular formula is C34H41F2N5O3. The summed E-state index contributed by atoms with van der Waals surface area (Å²) in [6.07, 6.45) is 8.72. The van der Waals surface area contributed by atoms with Gasteiger partial charge in [-0.15, -0.1) is 5.10 Å². The lowest BCUT2D eigenvalue weighted by Crippen LogP contribution is -2.49. The average molecular weight is 606 g/mol. The Bertz CT molecular complexity index is 1500. The minimum atomic E-state index is -0.575. The predicted octanol–water partition coefficient (Wildman–Crippen LogP) is 6.06. The molecule has 0 saturated carbocycles. The number of carbonyl (C=O) groups is 2. The van der Waals surface area contributed by atoms with Gasteiger partial charge in [0.15, 0.2) is 6.61 Å². The van der Waals surface area contributed by atoms with Crippen molar-refractivity contribution >= 4 is 11.8 Å². The number of aromatic nitrogens is 3. The van der Waals surface area contributed by atoms with Crippen molar-refractivity contribution in [2.45, 2.75) is 102 Å². The molecule has 1 aliphatic carbocycles. The fourth-order valence-corrected chi connectivity index (χ4v) is 7.45. The first-order chi connectivity index (χ1) is 21.2. The summed E-state index contributed by atoms with van der Waals surface area (Å²) in [5.41, 5.74) is 2.63. The van der Waals surface area contributed by atoms with Crippen LogP contribution in [0.1, 0.15) is 105 Å². The molecule has 3 aromatic rings. The van der Waals surface area contributed by atoms with Crippen molar-refractivity contribution < 1.29 is 23.1 Å². The number of halogens is 2. The molecule has 2 aromatic carbocycles. The fraction of sp³-hybridized carbons (Fsp3) is 0.529. The van der Waals surface area contributed by atoms with E-state index in [1.165, 1.54) is 6.07 Å². The van der Waals surface area contributed by atoms with Gasteiger partial charge in [0.1, 0.15) is 17.4 Å². The van der Waals surface area contributed by atoms with Crippen LogP contribution in [0.2, 0.25) is 0 Å². The van der Waals surface area contributed by atoms with Crippen molar-refractivity contribution in [3.63, 3.8) is 0 Å². The van der Waals surface area contributed by atoms with Gasteiger partial charge in [0, 0.05) is 48.4 Å². The van der Waals surface area contributed by atoms with Gasteiger partial charge >= 0.3 is 0 Å². The Kier molecular flexibility index (Phi) is 8.69. The van der Waals surface area contributed by atoms with Crippen molar-refractivity contribution in [1.82, 2.24) is 24.8 Å². The van der Waals surface area contributed by atoms with Crippen LogP contribution in [0, 0.1) is 11.6 Å². The second kappa shape index (κ2) is 12.7. The number of likely N-dealkylation sites (tertiary alicyclic amines) is 2. The Morgan fingerprint density at radius 2 is 1.70 bits per heavy atom. The first-order valence-corrected chi connectivity index (χ1v) is 15.9. The zero-order valence-electron chi connectivity index (χ0n) is 25.7. The van der Waals surface area contributed by atoms with Crippen LogP contribution >= 0.6 is 0 Å². The van der Waals surface area contributed by atoms with Gasteiger partial charge < -0.3 is 14.5 Å². The lowest BCUT2D eigenvalue weighted by molar-refractivity contribution is -0.139. The smallest absolute Gasteiger partial charge is 0.260 e. The van der Waals surface area contributed by atoms with E-state index in [1.807, 2.05) is 22.9 Å². The Morgan fingerprint density at radius 1 is 0.955 bits per heavy atom. The van der Waals surface area contributed by atoms with Gasteiger partial charge in [-0.3, -0.25) is 9.59 Å². The third-order valence-corrected chi connectivity index (χ3v) is 9.81. The summed E-state index contributed by atoms with van der Waals surface area (Å²) in [5.74, 6) is -0.421. The Labute approximate surface area is 257 Å². The second-order valence-corrected chi connectivity index (χ2v) is 12.8. The summed E-state index contributed by atoms with van der Waals surface area (Å²) in [6, 6.07) is 9.58. The van der Waals surface area contributed by atoms with Crippen LogP contribution in [0.5, 0.6) is 5.75 Å². The molecule has 10 heteroatoms. The molecule has 0 spiro atoms. The maximum absolute atomic E-state index is 14.4. The molecule has 3 aliphatic rings. The maximum Gasteiger partial charge on any atom is 0.260 e. The molecule has 2 saturated heterocycles. The predicted molar refractivity (Wildman–Crippen MR) is 161 cm³/mol. The zero-order valence-corrected chi connectivity index (χ0v) is 25.7. The molecular weight excluding hydrogens is 564 g/mol. The second-order valence-electron chi connectivity index (χ2n) is 12.8. The lowest BCUT2D eigenvalue weighted by Gasteiger charge is -2.39. The topological polar surface area (TPSA) is 80.6 Å². The van der Waals surface area contributed by atoms with Crippen molar-refractivity contribution in [2.24, 2.45) is 0 Å². The van der Waals surface area contributed by atoms with E-state index in [2.05, 4.69) is 24.2 Å². The van der Waals surface area contributed by atoms with Crippen LogP contribution in [0.15, 0.2) is 42.6 Å². The van der Waals surface area contributed by atoms with Crippen LogP contribution in [-0.2, 0) is 11.2 Å². The highest BCUT2D eigenvalue weighted by molar-refractivity contribution is 5.94. The van der Waals surface area contributed by atoms with Gasteiger partial charge in [0.05, 0.1) is 11.7 Å². The minimum Gasteiger partial charge on any atom is -0.484 e. The molecule has 5 atom stereocenters. The van der Waals surface area contributed by atoms with Gasteiger partial charge in [-0.1, -0.05) is 5.21 Å². The van der Waals surface area contributed by atoms with E-state index in [0.717, 1.165) is 56.7 Å². The van der Waals surface area contributed by atoms with E-state index in [9.17, 15) is 18.4 Å². The number of rotatable bonds is 6. The number of nitrogens with zero attached hydrogens (tertiary/aromatic N) is 5. The third kappa shape index (κ3) is 6.08. The van der Waals surface area contributed by atoms with Gasteiger partial charge in [-0.25, -0.2) is 13.5 Å². The van der Waals surface area contributed by atoms with Crippen molar-refractivity contribution in [1.29, 1.82) is 0 Å². The number of hydrogen-bond acceptors (Lipinski definition) is 5. The maximum atomic E-state index is 14.4. The molecule has 8 nitrogen and oxygen atoms in total. The molecule has 0 bridgehead atoms. The molecule has 234 valence electrons. The van der Waals surface area contributed by atoms with Gasteiger partial charge in [0.2, 0.25) is 0 Å². The van der Waals surface area contributed by atoms with Crippen molar-refractivity contribution in [3.8, 4) is 5.75 Å². The molecule has 44 heavy (non-hydrogen) atoms. The summed E-state index contributed by atoms with van der Waals surface area (Å²) >= 11 is 0. The SMILES string of the molecule is CC1CC(c2cn([C@H]3CCCc4c(F)cc(F)cc43)nn2)CCN1C(=O)c1ccc(OCC(=O)N2C(C)CCCC2C)cc1. The van der Waals surface area contributed by atoms with E-state index in [0.29, 0.717) is 35.4 Å². The van der Waals surface area contributed by atoms with E-state index in [4.69, 9.17) is 4.74 Å². The number of ether oxygens (including phenoxy) is 1. The Balaban J connectivity index is 1.05. The molecule has 0 N–H and O–H groups in total. The van der Waals surface area contributed by atoms with Crippen molar-refractivity contribution in [2.75, 3.05) is 13.2 Å². The van der Waals surface area contributed by atoms with Crippen LogP contribution in [0.4, 0.5) is 8.78 Å². The number of piperidine rings is 2. The summed E-state index contributed by atoms with van der Waals surface area (Å²) < 4.78 is 36.0. The van der Waals surface area contributed by atoms with Gasteiger partial charge in [-0.05, 0) is 114 Å². The Hall–Kier alpha value is -3.82. The van der Waals surface area contributed by atoms with Gasteiger partial charge in [-0.2, -0.15) is 0 Å². The van der Waals surface area contributed by atoms with E-state index < -0.39 is 11.6 Å². The first kappa shape index (κ1) is 30.2. The largest absolute Gasteiger partial charge is 0.484 e. The standard InChI is InChI=1S/C34H41F2N5O3/c1-21-6-4-7-22(2)41(21)33(42)20-44-27-12-10-24(11-13-27)34(43)39-15-14-25(16-23(39)3)31-19-40(38-37-31)32-9-5-8-28-29(32)17-26(35)18-30(28)36/h10-13,17-19,21-23,25,32H,4-9,14-16,20H2,1-3H3/t21?,22?,23?,25?,32-/m0/s1. The molecule has 4 unspecified atom stereocenters. The van der Waals surface area contributed by atoms with Crippen LogP contribution < -0.4 is 4.74 Å². The fourth-order valence-electron chi connectivity index (χ4n) is 7.45. The number of hydrogen-bond donors (Lipinski definition) is 0. The van der Waals surface area contributed by atoms with Crippen LogP contribution in [-0.4, -0.2) is 67.9 Å².